The Labute approximate surface area is 188 Å². The number of ether oxygens (including phenoxy) is 1. The second kappa shape index (κ2) is 10.5. The molecule has 3 aromatic rings. The summed E-state index contributed by atoms with van der Waals surface area (Å²) in [6, 6.07) is 14.1. The molecule has 0 spiro atoms. The highest BCUT2D eigenvalue weighted by molar-refractivity contribution is 6.31. The van der Waals surface area contributed by atoms with E-state index in [0.29, 0.717) is 10.6 Å². The molecule has 32 heavy (non-hydrogen) atoms. The summed E-state index contributed by atoms with van der Waals surface area (Å²) in [7, 11) is 1.30. The molecule has 0 aliphatic rings. The Morgan fingerprint density at radius 2 is 1.81 bits per heavy atom. The zero-order chi connectivity index (χ0) is 23.1. The Bertz CT molecular complexity index is 1140. The first-order chi connectivity index (χ1) is 15.3. The molecule has 0 aliphatic heterocycles. The summed E-state index contributed by atoms with van der Waals surface area (Å²) in [5.74, 6) is -1.07. The number of fused-ring (bicyclic) bond motifs is 1. The number of aromatic nitrogens is 1. The summed E-state index contributed by atoms with van der Waals surface area (Å²) in [5, 5.41) is 16.8. The smallest absolute Gasteiger partial charge is 0.412 e. The minimum atomic E-state index is -1.39. The highest BCUT2D eigenvalue weighted by atomic mass is 35.5. The van der Waals surface area contributed by atoms with Gasteiger partial charge in [0.25, 0.3) is 0 Å². The van der Waals surface area contributed by atoms with Gasteiger partial charge in [0.1, 0.15) is 12.4 Å². The zero-order valence-corrected chi connectivity index (χ0v) is 17.9. The molecule has 166 valence electrons. The second-order valence-electron chi connectivity index (χ2n) is 6.86. The Balaban J connectivity index is 1.55. The van der Waals surface area contributed by atoms with Crippen molar-refractivity contribution in [3.63, 3.8) is 0 Å². The van der Waals surface area contributed by atoms with E-state index in [0.717, 1.165) is 15.7 Å². The van der Waals surface area contributed by atoms with Crippen LogP contribution in [-0.4, -0.2) is 52.8 Å². The number of amides is 3. The average Bonchev–Trinajstić information content (AvgIpc) is 2.78. The molecule has 0 radical (unpaired) electrons. The minimum absolute atomic E-state index is 0.115. The van der Waals surface area contributed by atoms with Crippen molar-refractivity contribution >= 4 is 46.3 Å². The molecule has 3 amide bonds. The average molecular weight is 457 g/mol. The molecule has 10 heteroatoms. The maximum atomic E-state index is 12.4. The molecule has 9 nitrogen and oxygen atoms in total. The van der Waals surface area contributed by atoms with Gasteiger partial charge >= 0.3 is 18.1 Å². The molecule has 0 unspecified atom stereocenters. The number of urea groups is 1. The number of carboxylic acids is 1. The molecule has 1 atom stereocenters. The number of benzene rings is 2. The lowest BCUT2D eigenvalue weighted by Crippen LogP contribution is -2.49. The van der Waals surface area contributed by atoms with Crippen molar-refractivity contribution in [1.82, 2.24) is 15.2 Å². The predicted molar refractivity (Wildman–Crippen MR) is 120 cm³/mol. The third-order valence-corrected chi connectivity index (χ3v) is 5.06. The van der Waals surface area contributed by atoms with Crippen molar-refractivity contribution in [2.45, 2.75) is 12.6 Å². The number of carbonyl (C=O) groups excluding carboxylic acids is 2. The summed E-state index contributed by atoms with van der Waals surface area (Å²) < 4.78 is 5.02. The van der Waals surface area contributed by atoms with E-state index in [1.807, 2.05) is 24.3 Å². The standard InChI is InChI=1S/C22H21ClN4O5/c1-27(21(30)25-12-16-8-4-5-9-17(16)23)18(20(28)29)13-32-22(31)26-19-10-14-6-2-3-7-15(14)11-24-19/h2-11,18H,12-13H2,1H3,(H,25,30)(H,28,29)(H,24,26,31)/t18-/m1/s1. The first-order valence-corrected chi connectivity index (χ1v) is 9.98. The number of hydrogen-bond donors (Lipinski definition) is 3. The molecule has 0 saturated carbocycles. The minimum Gasteiger partial charge on any atom is -0.480 e. The van der Waals surface area contributed by atoms with E-state index >= 15 is 0 Å². The highest BCUT2D eigenvalue weighted by Gasteiger charge is 2.28. The van der Waals surface area contributed by atoms with Crippen LogP contribution in [0.15, 0.2) is 60.8 Å². The van der Waals surface area contributed by atoms with Gasteiger partial charge in [-0.1, -0.05) is 54.1 Å². The first kappa shape index (κ1) is 22.8. The molecule has 2 aromatic carbocycles. The van der Waals surface area contributed by atoms with E-state index in [-0.39, 0.29) is 12.4 Å². The molecule has 0 saturated heterocycles. The zero-order valence-electron chi connectivity index (χ0n) is 17.1. The monoisotopic (exact) mass is 456 g/mol. The third kappa shape index (κ3) is 5.86. The molecular weight excluding hydrogens is 436 g/mol. The van der Waals surface area contributed by atoms with E-state index in [2.05, 4.69) is 15.6 Å². The predicted octanol–water partition coefficient (Wildman–Crippen LogP) is 3.73. The number of carboxylic acid groups (broad SMARTS) is 1. The van der Waals surface area contributed by atoms with Crippen LogP contribution in [0.5, 0.6) is 0 Å². The van der Waals surface area contributed by atoms with Gasteiger partial charge in [-0.3, -0.25) is 5.32 Å². The molecular formula is C22H21ClN4O5. The molecule has 0 fully saturated rings. The molecule has 0 bridgehead atoms. The maximum Gasteiger partial charge on any atom is 0.412 e. The third-order valence-electron chi connectivity index (χ3n) is 4.69. The summed E-state index contributed by atoms with van der Waals surface area (Å²) in [6.07, 6.45) is 0.714. The van der Waals surface area contributed by atoms with Crippen LogP contribution in [0.25, 0.3) is 10.8 Å². The van der Waals surface area contributed by atoms with Gasteiger partial charge in [0, 0.05) is 30.2 Å². The van der Waals surface area contributed by atoms with Crippen LogP contribution in [0.2, 0.25) is 5.02 Å². The van der Waals surface area contributed by atoms with Gasteiger partial charge in [-0.05, 0) is 23.1 Å². The van der Waals surface area contributed by atoms with Crippen LogP contribution in [0.3, 0.4) is 0 Å². The summed E-state index contributed by atoms with van der Waals surface area (Å²) in [4.78, 5) is 41.2. The number of carbonyl (C=O) groups is 3. The number of nitrogens with one attached hydrogen (secondary N) is 2. The second-order valence-corrected chi connectivity index (χ2v) is 7.26. The van der Waals surface area contributed by atoms with E-state index in [1.165, 1.54) is 7.05 Å². The Morgan fingerprint density at radius 1 is 1.12 bits per heavy atom. The lowest BCUT2D eigenvalue weighted by molar-refractivity contribution is -0.143. The van der Waals surface area contributed by atoms with Gasteiger partial charge in [-0.2, -0.15) is 0 Å². The Hall–Kier alpha value is -3.85. The topological polar surface area (TPSA) is 121 Å². The maximum absolute atomic E-state index is 12.4. The lowest BCUT2D eigenvalue weighted by atomic mass is 10.2. The fraction of sp³-hybridized carbons (Fsp3) is 0.182. The van der Waals surface area contributed by atoms with Crippen molar-refractivity contribution in [2.24, 2.45) is 0 Å². The fourth-order valence-corrected chi connectivity index (χ4v) is 3.08. The van der Waals surface area contributed by atoms with Gasteiger partial charge in [0.05, 0.1) is 0 Å². The molecule has 3 rings (SSSR count). The van der Waals surface area contributed by atoms with Crippen molar-refractivity contribution in [1.29, 1.82) is 0 Å². The number of nitrogens with zero attached hydrogens (tertiary/aromatic N) is 2. The van der Waals surface area contributed by atoms with E-state index in [1.54, 1.807) is 36.5 Å². The molecule has 1 heterocycles. The van der Waals surface area contributed by atoms with Gasteiger partial charge < -0.3 is 20.1 Å². The van der Waals surface area contributed by atoms with Gasteiger partial charge in [-0.15, -0.1) is 0 Å². The first-order valence-electron chi connectivity index (χ1n) is 9.60. The van der Waals surface area contributed by atoms with Crippen molar-refractivity contribution in [3.8, 4) is 0 Å². The number of anilines is 1. The lowest BCUT2D eigenvalue weighted by Gasteiger charge is -2.25. The number of rotatable bonds is 7. The van der Waals surface area contributed by atoms with Crippen LogP contribution in [0.1, 0.15) is 5.56 Å². The number of pyridine rings is 1. The van der Waals surface area contributed by atoms with Crippen LogP contribution in [0, 0.1) is 0 Å². The van der Waals surface area contributed by atoms with Crippen molar-refractivity contribution < 1.29 is 24.2 Å². The van der Waals surface area contributed by atoms with Crippen LogP contribution in [-0.2, 0) is 16.1 Å². The number of likely N-dealkylation sites (N-methyl/N-ethyl adjacent to an activating group) is 1. The largest absolute Gasteiger partial charge is 0.480 e. The van der Waals surface area contributed by atoms with Crippen LogP contribution < -0.4 is 10.6 Å². The number of hydrogen-bond acceptors (Lipinski definition) is 5. The summed E-state index contributed by atoms with van der Waals surface area (Å²) >= 11 is 6.05. The fourth-order valence-electron chi connectivity index (χ4n) is 2.87. The number of aliphatic carboxylic acids is 1. The van der Waals surface area contributed by atoms with Gasteiger partial charge in [0.15, 0.2) is 6.04 Å². The Morgan fingerprint density at radius 3 is 2.53 bits per heavy atom. The van der Waals surface area contributed by atoms with Crippen LogP contribution >= 0.6 is 11.6 Å². The molecule has 3 N–H and O–H groups in total. The van der Waals surface area contributed by atoms with Crippen molar-refractivity contribution in [3.05, 3.63) is 71.4 Å². The van der Waals surface area contributed by atoms with Crippen LogP contribution in [0.4, 0.5) is 15.4 Å². The van der Waals surface area contributed by atoms with E-state index in [9.17, 15) is 19.5 Å². The van der Waals surface area contributed by atoms with Crippen molar-refractivity contribution in [2.75, 3.05) is 19.0 Å². The summed E-state index contributed by atoms with van der Waals surface area (Å²) in [6.45, 7) is -0.436. The SMILES string of the molecule is CN(C(=O)NCc1ccccc1Cl)[C@H](COC(=O)Nc1cc2ccccc2cn1)C(=O)O. The number of halogens is 1. The molecule has 1 aromatic heterocycles. The molecule has 0 aliphatic carbocycles. The van der Waals surface area contributed by atoms with E-state index in [4.69, 9.17) is 16.3 Å². The van der Waals surface area contributed by atoms with E-state index < -0.39 is 30.7 Å². The van der Waals surface area contributed by atoms with Gasteiger partial charge in [-0.25, -0.2) is 19.4 Å². The van der Waals surface area contributed by atoms with Gasteiger partial charge in [0.2, 0.25) is 0 Å². The quantitative estimate of drug-likeness (QED) is 0.498. The Kier molecular flexibility index (Phi) is 7.45. The summed E-state index contributed by atoms with van der Waals surface area (Å²) in [5.41, 5.74) is 0.682. The normalized spacial score (nSPS) is 11.4. The highest BCUT2D eigenvalue weighted by Crippen LogP contribution is 2.16.